The van der Waals surface area contributed by atoms with Crippen molar-refractivity contribution < 1.29 is 9.21 Å². The van der Waals surface area contributed by atoms with Crippen LogP contribution in [0, 0.1) is 0 Å². The Labute approximate surface area is 211 Å². The molecule has 35 heavy (non-hydrogen) atoms. The van der Waals surface area contributed by atoms with E-state index in [1.165, 1.54) is 11.6 Å². The maximum atomic E-state index is 12.5. The summed E-state index contributed by atoms with van der Waals surface area (Å²) in [5, 5.41) is 13.0. The third-order valence-electron chi connectivity index (χ3n) is 5.40. The Kier molecular flexibility index (Phi) is 6.40. The number of hydrogen-bond donors (Lipinski definition) is 1. The van der Waals surface area contributed by atoms with Crippen LogP contribution < -0.4 is 5.32 Å². The van der Waals surface area contributed by atoms with Crippen molar-refractivity contribution in [2.75, 3.05) is 5.32 Å². The molecule has 2 heterocycles. The van der Waals surface area contributed by atoms with Gasteiger partial charge in [0.15, 0.2) is 0 Å². The first-order chi connectivity index (χ1) is 17.0. The second-order valence-electron chi connectivity index (χ2n) is 7.90. The Morgan fingerprint density at radius 1 is 0.943 bits per heavy atom. The van der Waals surface area contributed by atoms with Gasteiger partial charge < -0.3 is 9.73 Å². The van der Waals surface area contributed by atoms with Crippen molar-refractivity contribution in [3.05, 3.63) is 100 Å². The Morgan fingerprint density at radius 3 is 2.43 bits per heavy atom. The number of halogens is 2. The Bertz CT molecular complexity index is 1530. The zero-order valence-electron chi connectivity index (χ0n) is 18.7. The number of furan rings is 1. The van der Waals surface area contributed by atoms with Crippen LogP contribution in [-0.4, -0.2) is 20.9 Å². The van der Waals surface area contributed by atoms with Gasteiger partial charge in [0.05, 0.1) is 5.69 Å². The molecule has 0 radical (unpaired) electrons. The van der Waals surface area contributed by atoms with E-state index in [1.54, 1.807) is 53.3 Å². The van der Waals surface area contributed by atoms with Crippen molar-refractivity contribution in [1.29, 1.82) is 0 Å². The van der Waals surface area contributed by atoms with Crippen molar-refractivity contribution in [3.8, 4) is 17.0 Å². The van der Waals surface area contributed by atoms with Gasteiger partial charge in [-0.15, -0.1) is 10.2 Å². The summed E-state index contributed by atoms with van der Waals surface area (Å²) >= 11 is 12.1. The standard InChI is InChI=1S/C27H20Cl2N4O2/c1-2-17-3-6-22(7-4-17)33-31-24-10-5-21(16-25(24)32-33)30-27(34)12-9-23-8-11-26(35-23)18-13-19(28)15-20(29)14-18/h3-16H,2H2,1H3,(H,30,34)/b12-9+. The van der Waals surface area contributed by atoms with E-state index in [2.05, 4.69) is 34.6 Å². The number of nitrogens with zero attached hydrogens (tertiary/aromatic N) is 3. The summed E-state index contributed by atoms with van der Waals surface area (Å²) in [6, 6.07) is 22.3. The van der Waals surface area contributed by atoms with Crippen molar-refractivity contribution in [2.45, 2.75) is 13.3 Å². The number of benzene rings is 3. The molecule has 3 aromatic carbocycles. The van der Waals surface area contributed by atoms with Gasteiger partial charge in [-0.25, -0.2) is 0 Å². The number of hydrogen-bond acceptors (Lipinski definition) is 4. The van der Waals surface area contributed by atoms with Gasteiger partial charge in [0, 0.05) is 27.4 Å². The van der Waals surface area contributed by atoms with Crippen LogP contribution in [0.4, 0.5) is 5.69 Å². The zero-order chi connectivity index (χ0) is 24.4. The highest BCUT2D eigenvalue weighted by molar-refractivity contribution is 6.35. The van der Waals surface area contributed by atoms with E-state index >= 15 is 0 Å². The minimum absolute atomic E-state index is 0.296. The molecular formula is C27H20Cl2N4O2. The average Bonchev–Trinajstić information content (AvgIpc) is 3.49. The summed E-state index contributed by atoms with van der Waals surface area (Å²) in [5.41, 5.74) is 4.93. The minimum atomic E-state index is -0.296. The molecule has 0 fully saturated rings. The maximum absolute atomic E-state index is 12.5. The number of nitrogens with one attached hydrogen (secondary N) is 1. The first-order valence-corrected chi connectivity index (χ1v) is 11.7. The van der Waals surface area contributed by atoms with E-state index in [1.807, 2.05) is 18.2 Å². The highest BCUT2D eigenvalue weighted by Gasteiger charge is 2.08. The summed E-state index contributed by atoms with van der Waals surface area (Å²) in [7, 11) is 0. The largest absolute Gasteiger partial charge is 0.457 e. The molecule has 174 valence electrons. The van der Waals surface area contributed by atoms with Crippen molar-refractivity contribution in [3.63, 3.8) is 0 Å². The molecule has 0 unspecified atom stereocenters. The lowest BCUT2D eigenvalue weighted by Gasteiger charge is -2.01. The number of rotatable bonds is 6. The van der Waals surface area contributed by atoms with Crippen LogP contribution in [0.2, 0.25) is 10.0 Å². The van der Waals surface area contributed by atoms with E-state index in [4.69, 9.17) is 27.6 Å². The van der Waals surface area contributed by atoms with Crippen LogP contribution in [0.5, 0.6) is 0 Å². The van der Waals surface area contributed by atoms with Gasteiger partial charge in [-0.3, -0.25) is 4.79 Å². The third-order valence-corrected chi connectivity index (χ3v) is 5.83. The van der Waals surface area contributed by atoms with Gasteiger partial charge in [0.25, 0.3) is 0 Å². The Hall–Kier alpha value is -3.87. The van der Waals surface area contributed by atoms with Crippen LogP contribution >= 0.6 is 23.2 Å². The highest BCUT2D eigenvalue weighted by atomic mass is 35.5. The fourth-order valence-electron chi connectivity index (χ4n) is 3.61. The lowest BCUT2D eigenvalue weighted by Crippen LogP contribution is -2.07. The molecule has 0 aliphatic heterocycles. The molecule has 0 aliphatic carbocycles. The molecule has 0 atom stereocenters. The number of aromatic nitrogens is 3. The smallest absolute Gasteiger partial charge is 0.248 e. The molecule has 1 amide bonds. The number of amides is 1. The van der Waals surface area contributed by atoms with E-state index in [0.29, 0.717) is 32.8 Å². The molecule has 0 saturated heterocycles. The van der Waals surface area contributed by atoms with Gasteiger partial charge in [-0.05, 0) is 78.7 Å². The number of aryl methyl sites for hydroxylation is 1. The predicted molar refractivity (Wildman–Crippen MR) is 140 cm³/mol. The lowest BCUT2D eigenvalue weighted by atomic mass is 10.2. The van der Waals surface area contributed by atoms with Gasteiger partial charge in [-0.1, -0.05) is 42.3 Å². The molecular weight excluding hydrogens is 483 g/mol. The van der Waals surface area contributed by atoms with Crippen molar-refractivity contribution in [2.24, 2.45) is 0 Å². The van der Waals surface area contributed by atoms with Crippen LogP contribution in [-0.2, 0) is 11.2 Å². The van der Waals surface area contributed by atoms with Crippen molar-refractivity contribution >= 4 is 51.9 Å². The van der Waals surface area contributed by atoms with Crippen LogP contribution in [0.15, 0.2) is 83.3 Å². The topological polar surface area (TPSA) is 73.0 Å². The van der Waals surface area contributed by atoms with E-state index in [0.717, 1.165) is 23.2 Å². The summed E-state index contributed by atoms with van der Waals surface area (Å²) in [6.45, 7) is 2.11. The van der Waals surface area contributed by atoms with Crippen LogP contribution in [0.25, 0.3) is 34.1 Å². The van der Waals surface area contributed by atoms with Gasteiger partial charge >= 0.3 is 0 Å². The molecule has 1 N–H and O–H groups in total. The first-order valence-electron chi connectivity index (χ1n) is 11.0. The van der Waals surface area contributed by atoms with Gasteiger partial charge in [0.1, 0.15) is 22.6 Å². The highest BCUT2D eigenvalue weighted by Crippen LogP contribution is 2.29. The summed E-state index contributed by atoms with van der Waals surface area (Å²) in [4.78, 5) is 14.1. The molecule has 0 saturated carbocycles. The van der Waals surface area contributed by atoms with Crippen LogP contribution in [0.3, 0.4) is 0 Å². The summed E-state index contributed by atoms with van der Waals surface area (Å²) in [6.07, 6.45) is 3.98. The summed E-state index contributed by atoms with van der Waals surface area (Å²) < 4.78 is 5.79. The first kappa shape index (κ1) is 22.9. The van der Waals surface area contributed by atoms with Crippen LogP contribution in [0.1, 0.15) is 18.2 Å². The second-order valence-corrected chi connectivity index (χ2v) is 8.77. The molecule has 5 rings (SSSR count). The monoisotopic (exact) mass is 502 g/mol. The quantitative estimate of drug-likeness (QED) is 0.249. The fourth-order valence-corrected chi connectivity index (χ4v) is 4.13. The summed E-state index contributed by atoms with van der Waals surface area (Å²) in [5.74, 6) is 0.835. The molecule has 0 spiro atoms. The average molecular weight is 503 g/mol. The lowest BCUT2D eigenvalue weighted by molar-refractivity contribution is -0.111. The zero-order valence-corrected chi connectivity index (χ0v) is 20.2. The normalized spacial score (nSPS) is 11.4. The molecule has 0 aliphatic rings. The van der Waals surface area contributed by atoms with Gasteiger partial charge in [0.2, 0.25) is 5.91 Å². The minimum Gasteiger partial charge on any atom is -0.457 e. The second kappa shape index (κ2) is 9.78. The number of fused-ring (bicyclic) bond motifs is 1. The van der Waals surface area contributed by atoms with Gasteiger partial charge in [-0.2, -0.15) is 4.80 Å². The molecule has 2 aromatic heterocycles. The Balaban J connectivity index is 1.27. The number of anilines is 1. The number of carbonyl (C=O) groups excluding carboxylic acids is 1. The molecule has 0 bridgehead atoms. The van der Waals surface area contributed by atoms with Crippen molar-refractivity contribution in [1.82, 2.24) is 15.0 Å². The van der Waals surface area contributed by atoms with E-state index in [9.17, 15) is 4.79 Å². The Morgan fingerprint density at radius 2 is 1.69 bits per heavy atom. The van der Waals surface area contributed by atoms with E-state index < -0.39 is 0 Å². The molecule has 5 aromatic rings. The SMILES string of the molecule is CCc1ccc(-n2nc3ccc(NC(=O)/C=C/c4ccc(-c5cc(Cl)cc(Cl)c5)o4)cc3n2)cc1. The maximum Gasteiger partial charge on any atom is 0.248 e. The van der Waals surface area contributed by atoms with E-state index in [-0.39, 0.29) is 5.91 Å². The molecule has 6 nitrogen and oxygen atoms in total. The fraction of sp³-hybridized carbons (Fsp3) is 0.0741. The predicted octanol–water partition coefficient (Wildman–Crippen LogP) is 7.20. The third kappa shape index (κ3) is 5.29. The molecule has 8 heteroatoms. The number of carbonyl (C=O) groups is 1.